The van der Waals surface area contributed by atoms with Crippen LogP contribution in [0.1, 0.15) is 74.1 Å². The quantitative estimate of drug-likeness (QED) is 0.303. The number of carbonyl (C=O) groups excluding carboxylic acids is 2. The van der Waals surface area contributed by atoms with Crippen molar-refractivity contribution in [1.29, 1.82) is 0 Å². The van der Waals surface area contributed by atoms with Crippen LogP contribution in [-0.4, -0.2) is 69.8 Å². The molecule has 0 aliphatic rings. The van der Waals surface area contributed by atoms with E-state index in [1.807, 2.05) is 0 Å². The number of hydrogen-bond donors (Lipinski definition) is 1. The molecule has 0 spiro atoms. The zero-order chi connectivity index (χ0) is 24.1. The zero-order valence-corrected chi connectivity index (χ0v) is 20.5. The Labute approximate surface area is 186 Å². The number of hydrogen-bond acceptors (Lipinski definition) is 6. The maximum Gasteiger partial charge on any atom is 0.337 e. The van der Waals surface area contributed by atoms with Crippen molar-refractivity contribution < 1.29 is 36.5 Å². The molecular formula is C22H38NO7S+. The Kier molecular flexibility index (Phi) is 13.3. The molecule has 0 fully saturated rings. The van der Waals surface area contributed by atoms with Crippen molar-refractivity contribution in [2.45, 2.75) is 58.3 Å². The molecule has 0 amide bonds. The Morgan fingerprint density at radius 3 is 1.32 bits per heavy atom. The maximum absolute atomic E-state index is 11.3. The Hall–Kier alpha value is -1.97. The second-order valence-electron chi connectivity index (χ2n) is 7.44. The van der Waals surface area contributed by atoms with E-state index >= 15 is 0 Å². The van der Waals surface area contributed by atoms with Crippen molar-refractivity contribution in [2.24, 2.45) is 0 Å². The highest BCUT2D eigenvalue weighted by atomic mass is 32.2. The van der Waals surface area contributed by atoms with Gasteiger partial charge in [-0.25, -0.2) is 9.59 Å². The molecule has 0 heterocycles. The van der Waals surface area contributed by atoms with E-state index in [4.69, 9.17) is 4.55 Å². The molecule has 0 unspecified atom stereocenters. The lowest BCUT2D eigenvalue weighted by atomic mass is 10.1. The van der Waals surface area contributed by atoms with Gasteiger partial charge in [-0.2, -0.15) is 8.42 Å². The molecule has 8 nitrogen and oxygen atoms in total. The zero-order valence-electron chi connectivity index (χ0n) is 19.6. The summed E-state index contributed by atoms with van der Waals surface area (Å²) in [6, 6.07) is 2.90. The van der Waals surface area contributed by atoms with E-state index in [1.54, 1.807) is 0 Å². The smallest absolute Gasteiger partial charge is 0.337 e. The summed E-state index contributed by atoms with van der Waals surface area (Å²) < 4.78 is 41.1. The monoisotopic (exact) mass is 460 g/mol. The number of methoxy groups -OCH3 is 2. The number of nitrogens with zero attached hydrogens (tertiary/aromatic N) is 1. The molecule has 0 saturated heterocycles. The number of benzene rings is 1. The van der Waals surface area contributed by atoms with Crippen molar-refractivity contribution in [3.63, 3.8) is 0 Å². The average molecular weight is 461 g/mol. The fourth-order valence-corrected chi connectivity index (χ4v) is 4.34. The van der Waals surface area contributed by atoms with Crippen molar-refractivity contribution in [2.75, 3.05) is 40.4 Å². The Morgan fingerprint density at radius 2 is 1.10 bits per heavy atom. The van der Waals surface area contributed by atoms with Gasteiger partial charge < -0.3 is 14.0 Å². The molecule has 0 aromatic heterocycles. The summed E-state index contributed by atoms with van der Waals surface area (Å²) in [6.07, 6.45) is 5.33. The Bertz CT molecular complexity index is 742. The Balaban J connectivity index is 0.000000615. The lowest BCUT2D eigenvalue weighted by Crippen LogP contribution is -2.50. The second-order valence-corrected chi connectivity index (χ2v) is 8.86. The van der Waals surface area contributed by atoms with Crippen LogP contribution in [0.3, 0.4) is 0 Å². The first kappa shape index (κ1) is 29.0. The first-order valence-electron chi connectivity index (χ1n) is 10.7. The standard InChI is InChI=1S/C12H28N.C10H10O7S/c1-5-9-13(10-6-2,11-7-3)12-8-4;1-16-9(11)6-3-7(10(12)17-2)5-8(4-6)18(13,14)15/h5-12H2,1-4H3;3-5H,1-2H3,(H,13,14,15)/q+1;. The first-order valence-corrected chi connectivity index (χ1v) is 12.1. The van der Waals surface area contributed by atoms with Crippen molar-refractivity contribution in [3.8, 4) is 0 Å². The topological polar surface area (TPSA) is 107 Å². The number of quaternary nitrogens is 1. The molecule has 1 aromatic carbocycles. The van der Waals surface area contributed by atoms with Crippen LogP contribution in [0.25, 0.3) is 0 Å². The SMILES string of the molecule is CCC[N+](CCC)(CCC)CCC.COC(=O)c1cc(C(=O)OC)cc(S(=O)(=O)O)c1. The largest absolute Gasteiger partial charge is 0.465 e. The molecule has 0 radical (unpaired) electrons. The van der Waals surface area contributed by atoms with Crippen LogP contribution in [0.15, 0.2) is 23.1 Å². The summed E-state index contributed by atoms with van der Waals surface area (Å²) in [7, 11) is -2.35. The van der Waals surface area contributed by atoms with Crippen LogP contribution in [0.4, 0.5) is 0 Å². The third kappa shape index (κ3) is 9.80. The van der Waals surface area contributed by atoms with Crippen LogP contribution < -0.4 is 0 Å². The van der Waals surface area contributed by atoms with Gasteiger partial charge >= 0.3 is 11.9 Å². The molecule has 1 aromatic rings. The molecule has 1 N–H and O–H groups in total. The van der Waals surface area contributed by atoms with E-state index in [-0.39, 0.29) is 11.1 Å². The number of rotatable bonds is 11. The fraction of sp³-hybridized carbons (Fsp3) is 0.636. The van der Waals surface area contributed by atoms with E-state index in [1.165, 1.54) is 56.3 Å². The molecule has 1 rings (SSSR count). The summed E-state index contributed by atoms with van der Waals surface area (Å²) in [5.41, 5.74) is -0.374. The van der Waals surface area contributed by atoms with Crippen molar-refractivity contribution in [3.05, 3.63) is 29.3 Å². The minimum absolute atomic E-state index is 0.187. The van der Waals surface area contributed by atoms with Crippen LogP contribution in [-0.2, 0) is 19.6 Å². The van der Waals surface area contributed by atoms with Gasteiger partial charge in [-0.3, -0.25) is 4.55 Å². The lowest BCUT2D eigenvalue weighted by Gasteiger charge is -2.38. The van der Waals surface area contributed by atoms with E-state index in [0.29, 0.717) is 0 Å². The van der Waals surface area contributed by atoms with Crippen molar-refractivity contribution >= 4 is 22.1 Å². The van der Waals surface area contributed by atoms with Gasteiger partial charge in [0.15, 0.2) is 0 Å². The summed E-state index contributed by atoms with van der Waals surface area (Å²) in [6.45, 7) is 14.8. The van der Waals surface area contributed by atoms with Gasteiger partial charge in [-0.05, 0) is 43.9 Å². The Morgan fingerprint density at radius 1 is 0.774 bits per heavy atom. The van der Waals surface area contributed by atoms with Gasteiger partial charge in [-0.15, -0.1) is 0 Å². The number of carbonyl (C=O) groups is 2. The van der Waals surface area contributed by atoms with Gasteiger partial charge in [0.2, 0.25) is 0 Å². The van der Waals surface area contributed by atoms with E-state index < -0.39 is 27.0 Å². The predicted octanol–water partition coefficient (Wildman–Crippen LogP) is 3.95. The summed E-state index contributed by atoms with van der Waals surface area (Å²) >= 11 is 0. The van der Waals surface area contributed by atoms with Crippen molar-refractivity contribution in [1.82, 2.24) is 0 Å². The highest BCUT2D eigenvalue weighted by Gasteiger charge is 2.23. The third-order valence-electron chi connectivity index (χ3n) is 4.84. The van der Waals surface area contributed by atoms with E-state index in [9.17, 15) is 18.0 Å². The van der Waals surface area contributed by atoms with E-state index in [2.05, 4.69) is 37.2 Å². The van der Waals surface area contributed by atoms with Gasteiger partial charge in [0, 0.05) is 0 Å². The molecule has 31 heavy (non-hydrogen) atoms. The van der Waals surface area contributed by atoms with Crippen LogP contribution in [0, 0.1) is 0 Å². The molecule has 178 valence electrons. The van der Waals surface area contributed by atoms with Gasteiger partial charge in [0.25, 0.3) is 10.1 Å². The van der Waals surface area contributed by atoms with Crippen LogP contribution >= 0.6 is 0 Å². The molecule has 9 heteroatoms. The van der Waals surface area contributed by atoms with Crippen LogP contribution in [0.5, 0.6) is 0 Å². The van der Waals surface area contributed by atoms with Gasteiger partial charge in [-0.1, -0.05) is 27.7 Å². The van der Waals surface area contributed by atoms with Gasteiger partial charge in [0.1, 0.15) is 0 Å². The summed E-state index contributed by atoms with van der Waals surface area (Å²) in [5.74, 6) is -1.68. The molecule has 0 bridgehead atoms. The molecule has 0 aliphatic carbocycles. The second kappa shape index (κ2) is 14.2. The third-order valence-corrected chi connectivity index (χ3v) is 5.67. The highest BCUT2D eigenvalue weighted by molar-refractivity contribution is 7.85. The highest BCUT2D eigenvalue weighted by Crippen LogP contribution is 2.17. The minimum atomic E-state index is -4.55. The minimum Gasteiger partial charge on any atom is -0.465 e. The van der Waals surface area contributed by atoms with Crippen LogP contribution in [0.2, 0.25) is 0 Å². The maximum atomic E-state index is 11.3. The predicted molar refractivity (Wildman–Crippen MR) is 120 cm³/mol. The number of esters is 2. The molecular weight excluding hydrogens is 422 g/mol. The molecule has 0 aliphatic heterocycles. The molecule has 0 atom stereocenters. The van der Waals surface area contributed by atoms with Gasteiger partial charge in [0.05, 0.1) is 56.4 Å². The number of ether oxygens (including phenoxy) is 2. The normalized spacial score (nSPS) is 11.3. The summed E-state index contributed by atoms with van der Waals surface area (Å²) in [4.78, 5) is 22.0. The fourth-order valence-electron chi connectivity index (χ4n) is 3.79. The summed E-state index contributed by atoms with van der Waals surface area (Å²) in [5, 5.41) is 0. The molecule has 0 saturated carbocycles. The average Bonchev–Trinajstić information content (AvgIpc) is 2.72. The lowest BCUT2D eigenvalue weighted by molar-refractivity contribution is -0.928. The van der Waals surface area contributed by atoms with E-state index in [0.717, 1.165) is 32.4 Å². The first-order chi connectivity index (χ1) is 14.5.